The minimum atomic E-state index is -0.323. The summed E-state index contributed by atoms with van der Waals surface area (Å²) in [6.07, 6.45) is 2.15. The number of benzene rings is 2. The molecule has 6 nitrogen and oxygen atoms in total. The largest absolute Gasteiger partial charge is 0.484 e. The number of Topliss-reactive ketones (excluding diaryl/α,β-unsaturated/α-hetero) is 1. The summed E-state index contributed by atoms with van der Waals surface area (Å²) in [6.45, 7) is 3.33. The maximum atomic E-state index is 13.0. The zero-order valence-electron chi connectivity index (χ0n) is 16.9. The Morgan fingerprint density at radius 1 is 1.13 bits per heavy atom. The van der Waals surface area contributed by atoms with Crippen molar-refractivity contribution in [3.8, 4) is 5.75 Å². The second-order valence-electron chi connectivity index (χ2n) is 7.26. The molecular weight excluding hydrogens is 380 g/mol. The Hall–Kier alpha value is -3.67. The summed E-state index contributed by atoms with van der Waals surface area (Å²) in [6, 6.07) is 18.2. The van der Waals surface area contributed by atoms with Crippen molar-refractivity contribution in [2.45, 2.75) is 26.3 Å². The highest BCUT2D eigenvalue weighted by Gasteiger charge is 2.35. The van der Waals surface area contributed by atoms with E-state index >= 15 is 0 Å². The predicted octanol–water partition coefficient (Wildman–Crippen LogP) is 4.55. The van der Waals surface area contributed by atoms with E-state index in [-0.39, 0.29) is 24.3 Å². The molecule has 0 fully saturated rings. The van der Waals surface area contributed by atoms with Crippen LogP contribution >= 0.6 is 0 Å². The molecule has 4 rings (SSSR count). The van der Waals surface area contributed by atoms with Crippen molar-refractivity contribution < 1.29 is 18.7 Å². The number of amides is 1. The van der Waals surface area contributed by atoms with Gasteiger partial charge in [-0.2, -0.15) is 5.10 Å². The maximum Gasteiger partial charge on any atom is 0.281 e. The first-order valence-electron chi connectivity index (χ1n) is 9.75. The van der Waals surface area contributed by atoms with Gasteiger partial charge in [0.1, 0.15) is 17.6 Å². The van der Waals surface area contributed by atoms with Gasteiger partial charge in [-0.15, -0.1) is 0 Å². The van der Waals surface area contributed by atoms with Gasteiger partial charge in [0.05, 0.1) is 12.0 Å². The fourth-order valence-corrected chi connectivity index (χ4v) is 3.38. The van der Waals surface area contributed by atoms with E-state index in [2.05, 4.69) is 5.10 Å². The fraction of sp³-hybridized carbons (Fsp3) is 0.208. The number of rotatable bonds is 6. The number of hydrogen-bond acceptors (Lipinski definition) is 5. The van der Waals surface area contributed by atoms with Crippen LogP contribution in [0.3, 0.4) is 0 Å². The highest BCUT2D eigenvalue weighted by atomic mass is 16.5. The number of ketones is 1. The van der Waals surface area contributed by atoms with Gasteiger partial charge in [0, 0.05) is 12.0 Å². The molecule has 1 atom stereocenters. The monoisotopic (exact) mass is 402 g/mol. The van der Waals surface area contributed by atoms with Crippen molar-refractivity contribution in [2.24, 2.45) is 5.10 Å². The third-order valence-electron chi connectivity index (χ3n) is 5.03. The first-order valence-corrected chi connectivity index (χ1v) is 9.75. The molecule has 1 aliphatic heterocycles. The van der Waals surface area contributed by atoms with E-state index in [0.717, 1.165) is 16.8 Å². The molecule has 1 amide bonds. The number of carbonyl (C=O) groups excluding carboxylic acids is 2. The van der Waals surface area contributed by atoms with E-state index < -0.39 is 0 Å². The third kappa shape index (κ3) is 4.17. The minimum absolute atomic E-state index is 0.0588. The second-order valence-corrected chi connectivity index (χ2v) is 7.26. The number of hydrogen-bond donors (Lipinski definition) is 0. The molecule has 0 bridgehead atoms. The van der Waals surface area contributed by atoms with Gasteiger partial charge in [-0.25, -0.2) is 5.01 Å². The molecule has 3 aromatic rings. The molecule has 0 N–H and O–H groups in total. The van der Waals surface area contributed by atoms with Gasteiger partial charge in [-0.05, 0) is 43.7 Å². The Bertz CT molecular complexity index is 1080. The Balaban J connectivity index is 1.54. The van der Waals surface area contributed by atoms with Crippen LogP contribution in [0.2, 0.25) is 0 Å². The number of aryl methyl sites for hydroxylation is 1. The lowest BCUT2D eigenvalue weighted by Crippen LogP contribution is -2.31. The number of carbonyl (C=O) groups is 2. The topological polar surface area (TPSA) is 72.1 Å². The molecule has 0 aliphatic carbocycles. The predicted molar refractivity (Wildman–Crippen MR) is 113 cm³/mol. The number of ether oxygens (including phenoxy) is 1. The molecule has 0 saturated heterocycles. The quantitative estimate of drug-likeness (QED) is 0.567. The second kappa shape index (κ2) is 8.37. The van der Waals surface area contributed by atoms with Crippen molar-refractivity contribution in [2.75, 3.05) is 6.61 Å². The minimum Gasteiger partial charge on any atom is -0.484 e. The molecule has 2 heterocycles. The molecule has 0 spiro atoms. The average Bonchev–Trinajstić information content (AvgIpc) is 3.42. The van der Waals surface area contributed by atoms with E-state index in [1.807, 2.05) is 37.3 Å². The molecule has 0 radical (unpaired) electrons. The molecule has 30 heavy (non-hydrogen) atoms. The van der Waals surface area contributed by atoms with Gasteiger partial charge in [0.2, 0.25) is 0 Å². The summed E-state index contributed by atoms with van der Waals surface area (Å²) >= 11 is 0. The molecule has 152 valence electrons. The van der Waals surface area contributed by atoms with Crippen molar-refractivity contribution >= 4 is 17.4 Å². The van der Waals surface area contributed by atoms with Crippen LogP contribution in [0.4, 0.5) is 0 Å². The first kappa shape index (κ1) is 19.6. The molecule has 2 aromatic carbocycles. The molecule has 1 aliphatic rings. The Morgan fingerprint density at radius 2 is 1.93 bits per heavy atom. The normalized spacial score (nSPS) is 15.7. The third-order valence-corrected chi connectivity index (χ3v) is 5.03. The van der Waals surface area contributed by atoms with E-state index in [0.29, 0.717) is 23.5 Å². The van der Waals surface area contributed by atoms with Gasteiger partial charge < -0.3 is 9.15 Å². The van der Waals surface area contributed by atoms with Crippen molar-refractivity contribution in [3.05, 3.63) is 89.4 Å². The van der Waals surface area contributed by atoms with E-state index in [1.54, 1.807) is 36.6 Å². The molecule has 0 unspecified atom stereocenters. The van der Waals surface area contributed by atoms with Crippen LogP contribution in [0.25, 0.3) is 0 Å². The Labute approximate surface area is 174 Å². The van der Waals surface area contributed by atoms with Gasteiger partial charge in [0.25, 0.3) is 5.91 Å². The molecule has 0 saturated carbocycles. The van der Waals surface area contributed by atoms with Crippen LogP contribution in [0.15, 0.2) is 76.4 Å². The zero-order valence-corrected chi connectivity index (χ0v) is 16.9. The SMILES string of the molecule is CC(=O)c1cccc(OCC(=O)N2N=C(c3ccc(C)cc3)C[C@@H]2c2ccco2)c1. The summed E-state index contributed by atoms with van der Waals surface area (Å²) in [5.41, 5.74) is 3.49. The van der Waals surface area contributed by atoms with Crippen molar-refractivity contribution in [3.63, 3.8) is 0 Å². The highest BCUT2D eigenvalue weighted by molar-refractivity contribution is 6.03. The van der Waals surface area contributed by atoms with Gasteiger partial charge in [0.15, 0.2) is 12.4 Å². The van der Waals surface area contributed by atoms with Gasteiger partial charge in [-0.3, -0.25) is 9.59 Å². The summed E-state index contributed by atoms with van der Waals surface area (Å²) in [4.78, 5) is 24.5. The molecule has 1 aromatic heterocycles. The van der Waals surface area contributed by atoms with E-state index in [9.17, 15) is 9.59 Å². The maximum absolute atomic E-state index is 13.0. The van der Waals surface area contributed by atoms with Crippen LogP contribution in [-0.4, -0.2) is 29.0 Å². The van der Waals surface area contributed by atoms with Gasteiger partial charge >= 0.3 is 0 Å². The Kier molecular flexibility index (Phi) is 5.48. The number of nitrogens with zero attached hydrogens (tertiary/aromatic N) is 2. The summed E-state index contributed by atoms with van der Waals surface area (Å²) in [7, 11) is 0. The zero-order chi connectivity index (χ0) is 21.1. The molecule has 6 heteroatoms. The molecular formula is C24H22N2O4. The smallest absolute Gasteiger partial charge is 0.281 e. The summed E-state index contributed by atoms with van der Waals surface area (Å²) in [5, 5.41) is 6.02. The van der Waals surface area contributed by atoms with E-state index in [4.69, 9.17) is 9.15 Å². The standard InChI is InChI=1S/C24H22N2O4/c1-16-8-10-18(11-9-16)21-14-22(23-7-4-12-29-23)26(25-21)24(28)15-30-20-6-3-5-19(13-20)17(2)27/h3-13,22H,14-15H2,1-2H3/t22-/m1/s1. The van der Waals surface area contributed by atoms with Crippen LogP contribution in [0.5, 0.6) is 5.75 Å². The Morgan fingerprint density at radius 3 is 2.63 bits per heavy atom. The number of hydrazone groups is 1. The van der Waals surface area contributed by atoms with Crippen LogP contribution in [0, 0.1) is 6.92 Å². The fourth-order valence-electron chi connectivity index (χ4n) is 3.38. The lowest BCUT2D eigenvalue weighted by molar-refractivity contribution is -0.135. The van der Waals surface area contributed by atoms with Crippen LogP contribution < -0.4 is 4.74 Å². The lowest BCUT2D eigenvalue weighted by atomic mass is 10.0. The first-order chi connectivity index (χ1) is 14.5. The van der Waals surface area contributed by atoms with Crippen molar-refractivity contribution in [1.82, 2.24) is 5.01 Å². The average molecular weight is 402 g/mol. The summed E-state index contributed by atoms with van der Waals surface area (Å²) in [5.74, 6) is 0.795. The summed E-state index contributed by atoms with van der Waals surface area (Å²) < 4.78 is 11.2. The van der Waals surface area contributed by atoms with Crippen LogP contribution in [-0.2, 0) is 4.79 Å². The lowest BCUT2D eigenvalue weighted by Gasteiger charge is -2.20. The van der Waals surface area contributed by atoms with Gasteiger partial charge in [-0.1, -0.05) is 42.0 Å². The van der Waals surface area contributed by atoms with Crippen molar-refractivity contribution in [1.29, 1.82) is 0 Å². The van der Waals surface area contributed by atoms with E-state index in [1.165, 1.54) is 11.9 Å². The highest BCUT2D eigenvalue weighted by Crippen LogP contribution is 2.33. The van der Waals surface area contributed by atoms with Crippen LogP contribution in [0.1, 0.15) is 46.6 Å². The number of furan rings is 1.